The number of carbonyl (C=O) groups is 3. The minimum atomic E-state index is -4.69. The molecule has 9 rings (SSSR count). The van der Waals surface area contributed by atoms with E-state index in [0.717, 1.165) is 0 Å². The molecule has 4 aliphatic rings. The van der Waals surface area contributed by atoms with Crippen molar-refractivity contribution in [3.8, 4) is 11.3 Å². The zero-order chi connectivity index (χ0) is 42.8. The number of rotatable bonds is 11. The minimum Gasteiger partial charge on any atom is -0.405 e. The first-order valence-corrected chi connectivity index (χ1v) is 21.3. The van der Waals surface area contributed by atoms with Crippen LogP contribution in [0.15, 0.2) is 75.2 Å². The first-order valence-electron chi connectivity index (χ1n) is 19.7. The van der Waals surface area contributed by atoms with Gasteiger partial charge in [0.2, 0.25) is 23.7 Å². The summed E-state index contributed by atoms with van der Waals surface area (Å²) in [7, 11) is -2.14. The Bertz CT molecular complexity index is 2720. The van der Waals surface area contributed by atoms with E-state index in [1.807, 2.05) is 11.0 Å². The van der Waals surface area contributed by atoms with Crippen LogP contribution in [0.2, 0.25) is 0 Å². The second-order valence-electron chi connectivity index (χ2n) is 16.1. The van der Waals surface area contributed by atoms with Crippen LogP contribution in [0.25, 0.3) is 22.4 Å². The molecule has 1 unspecified atom stereocenters. The Morgan fingerprint density at radius 2 is 1.82 bits per heavy atom. The topological polar surface area (TPSA) is 204 Å². The third kappa shape index (κ3) is 7.64. The summed E-state index contributed by atoms with van der Waals surface area (Å²) >= 11 is 0. The number of hydrogen-bond acceptors (Lipinski definition) is 13. The number of anilines is 3. The molecule has 3 saturated heterocycles. The molecular weight excluding hydrogens is 824 g/mol. The first-order chi connectivity index (χ1) is 29.1. The molecule has 2 aromatic carbocycles. The van der Waals surface area contributed by atoms with E-state index < -0.39 is 44.5 Å². The number of aryl methyl sites for hydroxylation is 1. The number of halogens is 3. The molecule has 4 fully saturated rings. The number of carbonyl (C=O) groups excluding carboxylic acids is 3. The van der Waals surface area contributed by atoms with E-state index in [2.05, 4.69) is 25.7 Å². The number of imide groups is 1. The highest BCUT2D eigenvalue weighted by Gasteiger charge is 2.53. The van der Waals surface area contributed by atoms with Gasteiger partial charge in [0.15, 0.2) is 15.4 Å². The van der Waals surface area contributed by atoms with Gasteiger partial charge in [0.05, 0.1) is 46.0 Å². The zero-order valence-electron chi connectivity index (χ0n) is 32.7. The highest BCUT2D eigenvalue weighted by atomic mass is 32.2. The lowest BCUT2D eigenvalue weighted by Gasteiger charge is -2.51. The second kappa shape index (κ2) is 15.1. The maximum Gasteiger partial charge on any atom is 0.420 e. The number of amides is 3. The van der Waals surface area contributed by atoms with Crippen LogP contribution in [-0.4, -0.2) is 99.5 Å². The van der Waals surface area contributed by atoms with Crippen LogP contribution in [-0.2, 0) is 42.2 Å². The number of sulfone groups is 1. The molecule has 1 saturated carbocycles. The maximum absolute atomic E-state index is 13.7. The zero-order valence-corrected chi connectivity index (χ0v) is 33.5. The Morgan fingerprint density at radius 3 is 2.51 bits per heavy atom. The Kier molecular flexibility index (Phi) is 9.99. The van der Waals surface area contributed by atoms with Gasteiger partial charge >= 0.3 is 11.9 Å². The van der Waals surface area contributed by atoms with Crippen LogP contribution < -0.4 is 21.3 Å². The van der Waals surface area contributed by atoms with E-state index in [9.17, 15) is 40.8 Å². The highest BCUT2D eigenvalue weighted by Crippen LogP contribution is 2.53. The van der Waals surface area contributed by atoms with Crippen molar-refractivity contribution in [3.05, 3.63) is 77.2 Å². The van der Waals surface area contributed by atoms with Crippen molar-refractivity contribution in [2.75, 3.05) is 43.0 Å². The molecular formula is C40H40F3N9O8S. The van der Waals surface area contributed by atoms with Crippen molar-refractivity contribution >= 4 is 56.0 Å². The van der Waals surface area contributed by atoms with E-state index in [1.165, 1.54) is 45.9 Å². The summed E-state index contributed by atoms with van der Waals surface area (Å²) in [5.74, 6) is -1.74. The molecule has 3 aliphatic heterocycles. The molecule has 1 atom stereocenters. The number of alkyl halides is 3. The molecule has 6 heterocycles. The molecule has 320 valence electrons. The molecule has 3 aromatic heterocycles. The third-order valence-corrected chi connectivity index (χ3v) is 14.2. The standard InChI is InChI=1S/C40H40F3N9O8S/c1-49-20-23(18-45-49)34-28(40(41,42)43)19-44-37(48-34)46-24-5-7-26(8-6-24)61(57,58)27-15-39(16-27)11-12-50(33(54)17-39)13-14-59-25-21-51(22-25)29-3-2-4-30-35(29)60-38(56)52(30)31-9-10-32(53)47-36(31)55/h2-8,18-20,25,27,31H,9-17,21-22H2,1H3,(H,44,46,48)(H,47,53,55). The first kappa shape index (κ1) is 40.3. The average Bonchev–Trinajstić information content (AvgIpc) is 3.77. The molecule has 0 bridgehead atoms. The lowest BCUT2D eigenvalue weighted by Crippen LogP contribution is -2.55. The van der Waals surface area contributed by atoms with Gasteiger partial charge < -0.3 is 24.3 Å². The number of oxazole rings is 1. The SMILES string of the molecule is Cn1cc(-c2nc(Nc3ccc(S(=O)(=O)C4CC5(CCN(CCOC6CN(c7cccc8c7oc(=O)n8C7CCC(=O)NC7=O)C6)C(=O)C5)C4)cc3)ncc2C(F)(F)F)cn1. The van der Waals surface area contributed by atoms with Crippen LogP contribution in [0.1, 0.15) is 50.1 Å². The Hall–Kier alpha value is -6.09. The van der Waals surface area contributed by atoms with Crippen molar-refractivity contribution < 1.29 is 45.1 Å². The van der Waals surface area contributed by atoms with Gasteiger partial charge in [-0.3, -0.25) is 28.9 Å². The smallest absolute Gasteiger partial charge is 0.405 e. The largest absolute Gasteiger partial charge is 0.420 e. The van der Waals surface area contributed by atoms with Crippen LogP contribution >= 0.6 is 0 Å². The molecule has 5 aromatic rings. The van der Waals surface area contributed by atoms with Crippen molar-refractivity contribution in [3.63, 3.8) is 0 Å². The van der Waals surface area contributed by atoms with E-state index >= 15 is 0 Å². The summed E-state index contributed by atoms with van der Waals surface area (Å²) in [6.45, 7) is 2.27. The summed E-state index contributed by atoms with van der Waals surface area (Å²) < 4.78 is 82.6. The van der Waals surface area contributed by atoms with Crippen LogP contribution in [0.3, 0.4) is 0 Å². The summed E-state index contributed by atoms with van der Waals surface area (Å²) in [4.78, 5) is 62.0. The molecule has 2 N–H and O–H groups in total. The number of ether oxygens (including phenoxy) is 1. The van der Waals surface area contributed by atoms with Crippen molar-refractivity contribution in [1.82, 2.24) is 34.5 Å². The van der Waals surface area contributed by atoms with Gasteiger partial charge in [0.1, 0.15) is 11.6 Å². The third-order valence-electron chi connectivity index (χ3n) is 12.1. The maximum atomic E-state index is 13.7. The van der Waals surface area contributed by atoms with E-state index in [4.69, 9.17) is 9.15 Å². The molecule has 61 heavy (non-hydrogen) atoms. The van der Waals surface area contributed by atoms with E-state index in [0.29, 0.717) is 80.7 Å². The van der Waals surface area contributed by atoms with Gasteiger partial charge in [-0.1, -0.05) is 6.07 Å². The summed E-state index contributed by atoms with van der Waals surface area (Å²) in [6, 6.07) is 10.3. The highest BCUT2D eigenvalue weighted by molar-refractivity contribution is 7.92. The van der Waals surface area contributed by atoms with Gasteiger partial charge in [-0.25, -0.2) is 23.2 Å². The van der Waals surface area contributed by atoms with Crippen molar-refractivity contribution in [2.24, 2.45) is 12.5 Å². The fraction of sp³-hybridized carbons (Fsp3) is 0.425. The number of hydrogen-bond donors (Lipinski definition) is 2. The molecule has 1 spiro atoms. The second-order valence-corrected chi connectivity index (χ2v) is 18.3. The summed E-state index contributed by atoms with van der Waals surface area (Å²) in [5, 5.41) is 8.42. The van der Waals surface area contributed by atoms with Crippen molar-refractivity contribution in [1.29, 1.82) is 0 Å². The van der Waals surface area contributed by atoms with Gasteiger partial charge in [-0.15, -0.1) is 0 Å². The Balaban J connectivity index is 0.743. The number of fused-ring (bicyclic) bond motifs is 1. The molecule has 1 aliphatic carbocycles. The van der Waals surface area contributed by atoms with Gasteiger partial charge in [0, 0.05) is 69.7 Å². The molecule has 3 amide bonds. The van der Waals surface area contributed by atoms with E-state index in [-0.39, 0.29) is 64.7 Å². The minimum absolute atomic E-state index is 0.0456. The number of likely N-dealkylation sites (tertiary alicyclic amines) is 1. The monoisotopic (exact) mass is 863 g/mol. The molecule has 0 radical (unpaired) electrons. The average molecular weight is 864 g/mol. The number of piperidine rings is 2. The molecule has 21 heteroatoms. The van der Waals surface area contributed by atoms with E-state index in [1.54, 1.807) is 24.1 Å². The summed E-state index contributed by atoms with van der Waals surface area (Å²) in [5.41, 5.74) is 0.302. The van der Waals surface area contributed by atoms with Gasteiger partial charge in [-0.2, -0.15) is 18.3 Å². The molecule has 17 nitrogen and oxygen atoms in total. The predicted octanol–water partition coefficient (Wildman–Crippen LogP) is 3.98. The fourth-order valence-electron chi connectivity index (χ4n) is 8.78. The quantitative estimate of drug-likeness (QED) is 0.181. The number of nitrogens with one attached hydrogen (secondary N) is 2. The Morgan fingerprint density at radius 1 is 1.05 bits per heavy atom. The predicted molar refractivity (Wildman–Crippen MR) is 211 cm³/mol. The van der Waals surface area contributed by atoms with Crippen LogP contribution in [0.5, 0.6) is 0 Å². The summed E-state index contributed by atoms with van der Waals surface area (Å²) in [6.07, 6.45) is 0.553. The van der Waals surface area contributed by atoms with Gasteiger partial charge in [0.25, 0.3) is 0 Å². The number of benzene rings is 2. The fourth-order valence-corrected chi connectivity index (χ4v) is 10.8. The van der Waals surface area contributed by atoms with Crippen molar-refractivity contribution in [2.45, 2.75) is 67.0 Å². The van der Waals surface area contributed by atoms with Gasteiger partial charge in [-0.05, 0) is 67.5 Å². The van der Waals surface area contributed by atoms with Crippen LogP contribution in [0, 0.1) is 5.41 Å². The lowest BCUT2D eigenvalue weighted by molar-refractivity contribution is -0.142. The van der Waals surface area contributed by atoms with Crippen LogP contribution in [0.4, 0.5) is 30.5 Å². The Labute approximate surface area is 345 Å². The number of nitrogens with zero attached hydrogens (tertiary/aromatic N) is 7. The number of aromatic nitrogens is 5. The number of para-hydroxylation sites is 1. The normalized spacial score (nSPS) is 22.4. The lowest BCUT2D eigenvalue weighted by atomic mass is 9.62.